The van der Waals surface area contributed by atoms with Gasteiger partial charge in [0, 0.05) is 0 Å². The molecule has 0 saturated carbocycles. The van der Waals surface area contributed by atoms with Gasteiger partial charge in [-0.05, 0) is 24.3 Å². The van der Waals surface area contributed by atoms with Crippen molar-refractivity contribution in [3.05, 3.63) is 48.7 Å². The maximum atomic E-state index is 5.92. The first kappa shape index (κ1) is 10.9. The van der Waals surface area contributed by atoms with Crippen molar-refractivity contribution < 1.29 is 0 Å². The van der Waals surface area contributed by atoms with Gasteiger partial charge in [-0.2, -0.15) is 0 Å². The van der Waals surface area contributed by atoms with Gasteiger partial charge in [0.15, 0.2) is 5.82 Å². The number of para-hydroxylation sites is 3. The van der Waals surface area contributed by atoms with E-state index in [-0.39, 0.29) is 0 Å². The molecule has 2 heterocycles. The zero-order chi connectivity index (χ0) is 13.5. The van der Waals surface area contributed by atoms with Gasteiger partial charge in [-0.1, -0.05) is 18.2 Å². The Labute approximate surface area is 114 Å². The Morgan fingerprint density at radius 1 is 0.900 bits per heavy atom. The van der Waals surface area contributed by atoms with Crippen LogP contribution >= 0.6 is 0 Å². The summed E-state index contributed by atoms with van der Waals surface area (Å²) in [4.78, 5) is 16.7. The van der Waals surface area contributed by atoms with Gasteiger partial charge >= 0.3 is 0 Å². The van der Waals surface area contributed by atoms with Crippen molar-refractivity contribution in [2.75, 3.05) is 5.73 Å². The predicted molar refractivity (Wildman–Crippen MR) is 79.0 cm³/mol. The van der Waals surface area contributed by atoms with Gasteiger partial charge in [0.1, 0.15) is 11.2 Å². The SMILES string of the molecule is Nc1cccc2[nH]c(-c3cnc4ccccc4n3)nc12. The molecular weight excluding hydrogens is 250 g/mol. The number of nitrogens with two attached hydrogens (primary N) is 1. The molecule has 2 aromatic carbocycles. The van der Waals surface area contributed by atoms with Gasteiger partial charge in [0.25, 0.3) is 0 Å². The average molecular weight is 261 g/mol. The predicted octanol–water partition coefficient (Wildman–Crippen LogP) is 2.76. The van der Waals surface area contributed by atoms with Crippen LogP contribution in [0.25, 0.3) is 33.6 Å². The Morgan fingerprint density at radius 2 is 1.75 bits per heavy atom. The summed E-state index contributed by atoms with van der Waals surface area (Å²) in [5.74, 6) is 0.677. The van der Waals surface area contributed by atoms with E-state index in [2.05, 4.69) is 19.9 Å². The zero-order valence-electron chi connectivity index (χ0n) is 10.5. The molecule has 5 heteroatoms. The maximum Gasteiger partial charge on any atom is 0.158 e. The van der Waals surface area contributed by atoms with E-state index in [0.717, 1.165) is 22.1 Å². The number of aromatic amines is 1. The third kappa shape index (κ3) is 1.60. The molecule has 96 valence electrons. The fraction of sp³-hybridized carbons (Fsp3) is 0. The third-order valence-electron chi connectivity index (χ3n) is 3.24. The summed E-state index contributed by atoms with van der Waals surface area (Å²) in [5.41, 5.74) is 10.7. The van der Waals surface area contributed by atoms with Gasteiger partial charge < -0.3 is 10.7 Å². The van der Waals surface area contributed by atoms with Crippen LogP contribution in [0.4, 0.5) is 5.69 Å². The first-order valence-corrected chi connectivity index (χ1v) is 6.27. The van der Waals surface area contributed by atoms with Crippen molar-refractivity contribution in [2.45, 2.75) is 0 Å². The molecule has 0 aliphatic carbocycles. The van der Waals surface area contributed by atoms with Crippen LogP contribution in [0, 0.1) is 0 Å². The number of fused-ring (bicyclic) bond motifs is 2. The van der Waals surface area contributed by atoms with Crippen LogP contribution in [-0.2, 0) is 0 Å². The maximum absolute atomic E-state index is 5.92. The molecule has 0 bridgehead atoms. The highest BCUT2D eigenvalue weighted by atomic mass is 15.0. The molecule has 0 radical (unpaired) electrons. The Morgan fingerprint density at radius 3 is 2.60 bits per heavy atom. The smallest absolute Gasteiger partial charge is 0.158 e. The van der Waals surface area contributed by atoms with Crippen LogP contribution in [0.15, 0.2) is 48.7 Å². The highest BCUT2D eigenvalue weighted by Crippen LogP contribution is 2.23. The molecule has 20 heavy (non-hydrogen) atoms. The zero-order valence-corrected chi connectivity index (χ0v) is 10.5. The number of nitrogens with zero attached hydrogens (tertiary/aromatic N) is 3. The van der Waals surface area contributed by atoms with Gasteiger partial charge in [0.05, 0.1) is 28.4 Å². The van der Waals surface area contributed by atoms with E-state index in [1.807, 2.05) is 42.5 Å². The molecule has 0 saturated heterocycles. The molecule has 3 N–H and O–H groups in total. The molecular formula is C15H11N5. The number of anilines is 1. The number of rotatable bonds is 1. The lowest BCUT2D eigenvalue weighted by Gasteiger charge is -1.98. The Hall–Kier alpha value is -2.95. The number of hydrogen-bond acceptors (Lipinski definition) is 4. The minimum Gasteiger partial charge on any atom is -0.397 e. The molecule has 2 aromatic heterocycles. The number of imidazole rings is 1. The van der Waals surface area contributed by atoms with Crippen molar-refractivity contribution in [2.24, 2.45) is 0 Å². The summed E-state index contributed by atoms with van der Waals surface area (Å²) in [6.07, 6.45) is 1.72. The van der Waals surface area contributed by atoms with E-state index >= 15 is 0 Å². The fourth-order valence-corrected chi connectivity index (χ4v) is 2.25. The van der Waals surface area contributed by atoms with Crippen LogP contribution in [-0.4, -0.2) is 19.9 Å². The summed E-state index contributed by atoms with van der Waals surface area (Å²) < 4.78 is 0. The quantitative estimate of drug-likeness (QED) is 0.516. The van der Waals surface area contributed by atoms with Crippen molar-refractivity contribution >= 4 is 27.8 Å². The molecule has 0 aliphatic rings. The molecule has 0 unspecified atom stereocenters. The first-order valence-electron chi connectivity index (χ1n) is 6.27. The highest BCUT2D eigenvalue weighted by Gasteiger charge is 2.09. The monoisotopic (exact) mass is 261 g/mol. The number of nitrogen functional groups attached to an aromatic ring is 1. The molecule has 0 fully saturated rings. The Balaban J connectivity index is 1.94. The minimum absolute atomic E-state index is 0.652. The standard InChI is InChI=1S/C15H11N5/c16-9-4-3-7-12-14(9)20-15(19-12)13-8-17-10-5-1-2-6-11(10)18-13/h1-8H,16H2,(H,19,20). The normalized spacial score (nSPS) is 11.2. The lowest BCUT2D eigenvalue weighted by molar-refractivity contribution is 1.22. The lowest BCUT2D eigenvalue weighted by Crippen LogP contribution is -1.89. The molecule has 4 aromatic rings. The lowest BCUT2D eigenvalue weighted by atomic mass is 10.3. The van der Waals surface area contributed by atoms with E-state index in [1.54, 1.807) is 6.20 Å². The molecule has 4 rings (SSSR count). The summed E-state index contributed by atoms with van der Waals surface area (Å²) in [5, 5.41) is 0. The van der Waals surface area contributed by atoms with Gasteiger partial charge in [-0.25, -0.2) is 9.97 Å². The van der Waals surface area contributed by atoms with Gasteiger partial charge in [-0.3, -0.25) is 4.98 Å². The van der Waals surface area contributed by atoms with Gasteiger partial charge in [-0.15, -0.1) is 0 Å². The fourth-order valence-electron chi connectivity index (χ4n) is 2.25. The molecule has 0 spiro atoms. The second-order valence-electron chi connectivity index (χ2n) is 4.57. The average Bonchev–Trinajstić information content (AvgIpc) is 2.92. The van der Waals surface area contributed by atoms with Crippen molar-refractivity contribution in [3.8, 4) is 11.5 Å². The van der Waals surface area contributed by atoms with Crippen molar-refractivity contribution in [1.29, 1.82) is 0 Å². The second kappa shape index (κ2) is 4.03. The molecule has 0 atom stereocenters. The molecule has 0 aliphatic heterocycles. The second-order valence-corrected chi connectivity index (χ2v) is 4.57. The molecule has 5 nitrogen and oxygen atoms in total. The van der Waals surface area contributed by atoms with Crippen molar-refractivity contribution in [3.63, 3.8) is 0 Å². The first-order chi connectivity index (χ1) is 9.81. The van der Waals surface area contributed by atoms with Crippen LogP contribution in [0.1, 0.15) is 0 Å². The Bertz CT molecular complexity index is 926. The van der Waals surface area contributed by atoms with Crippen LogP contribution in [0.5, 0.6) is 0 Å². The summed E-state index contributed by atoms with van der Waals surface area (Å²) in [6.45, 7) is 0. The van der Waals surface area contributed by atoms with E-state index < -0.39 is 0 Å². The van der Waals surface area contributed by atoms with E-state index in [0.29, 0.717) is 17.2 Å². The third-order valence-corrected chi connectivity index (χ3v) is 3.24. The number of hydrogen-bond donors (Lipinski definition) is 2. The number of benzene rings is 2. The number of nitrogens with one attached hydrogen (secondary N) is 1. The van der Waals surface area contributed by atoms with Crippen LogP contribution in [0.3, 0.4) is 0 Å². The largest absolute Gasteiger partial charge is 0.397 e. The topological polar surface area (TPSA) is 80.5 Å². The summed E-state index contributed by atoms with van der Waals surface area (Å²) in [6, 6.07) is 13.4. The highest BCUT2D eigenvalue weighted by molar-refractivity contribution is 5.89. The van der Waals surface area contributed by atoms with Crippen LogP contribution < -0.4 is 5.73 Å². The summed E-state index contributed by atoms with van der Waals surface area (Å²) >= 11 is 0. The van der Waals surface area contributed by atoms with Gasteiger partial charge in [0.2, 0.25) is 0 Å². The Kier molecular flexibility index (Phi) is 2.20. The van der Waals surface area contributed by atoms with E-state index in [4.69, 9.17) is 5.73 Å². The summed E-state index contributed by atoms with van der Waals surface area (Å²) in [7, 11) is 0. The number of H-pyrrole nitrogens is 1. The minimum atomic E-state index is 0.652. The van der Waals surface area contributed by atoms with E-state index in [1.165, 1.54) is 0 Å². The molecule has 0 amide bonds. The van der Waals surface area contributed by atoms with E-state index in [9.17, 15) is 0 Å². The van der Waals surface area contributed by atoms with Crippen LogP contribution in [0.2, 0.25) is 0 Å². The number of aromatic nitrogens is 4. The van der Waals surface area contributed by atoms with Crippen molar-refractivity contribution in [1.82, 2.24) is 19.9 Å².